The van der Waals surface area contributed by atoms with Crippen LogP contribution in [0.25, 0.3) is 0 Å². The number of ether oxygens (including phenoxy) is 2. The molecule has 1 aromatic heterocycles. The number of nitrogens with zero attached hydrogens (tertiary/aromatic N) is 2. The van der Waals surface area contributed by atoms with Crippen molar-refractivity contribution in [1.29, 1.82) is 0 Å². The predicted molar refractivity (Wildman–Crippen MR) is 78.4 cm³/mol. The molecule has 1 heterocycles. The van der Waals surface area contributed by atoms with E-state index < -0.39 is 0 Å². The summed E-state index contributed by atoms with van der Waals surface area (Å²) in [6.45, 7) is 4.50. The van der Waals surface area contributed by atoms with Crippen LogP contribution < -0.4 is 14.8 Å². The van der Waals surface area contributed by atoms with E-state index >= 15 is 0 Å². The minimum atomic E-state index is 0.663. The Morgan fingerprint density at radius 2 is 1.75 bits per heavy atom. The van der Waals surface area contributed by atoms with Gasteiger partial charge in [-0.3, -0.25) is 0 Å². The molecule has 0 saturated heterocycles. The quantitative estimate of drug-likeness (QED) is 0.907. The maximum absolute atomic E-state index is 5.29. The molecule has 0 unspecified atom stereocenters. The van der Waals surface area contributed by atoms with Gasteiger partial charge in [0.2, 0.25) is 0 Å². The molecule has 2 aromatic rings. The summed E-state index contributed by atoms with van der Waals surface area (Å²) in [6.07, 6.45) is 0. The summed E-state index contributed by atoms with van der Waals surface area (Å²) in [5.74, 6) is 3.04. The number of anilines is 1. The molecule has 0 saturated carbocycles. The maximum Gasteiger partial charge on any atom is 0.161 e. The average Bonchev–Trinajstić information content (AvgIpc) is 2.43. The Morgan fingerprint density at radius 3 is 2.40 bits per heavy atom. The summed E-state index contributed by atoms with van der Waals surface area (Å²) in [5, 5.41) is 3.28. The van der Waals surface area contributed by atoms with Gasteiger partial charge in [-0.25, -0.2) is 9.97 Å². The van der Waals surface area contributed by atoms with Crippen molar-refractivity contribution in [3.05, 3.63) is 41.3 Å². The van der Waals surface area contributed by atoms with Crippen LogP contribution in [-0.4, -0.2) is 24.2 Å². The first-order valence-corrected chi connectivity index (χ1v) is 6.39. The van der Waals surface area contributed by atoms with Gasteiger partial charge in [0.05, 0.1) is 14.2 Å². The van der Waals surface area contributed by atoms with Gasteiger partial charge in [-0.15, -0.1) is 0 Å². The number of hydrogen-bond acceptors (Lipinski definition) is 5. The highest BCUT2D eigenvalue weighted by Crippen LogP contribution is 2.27. The normalized spacial score (nSPS) is 10.2. The maximum atomic E-state index is 5.29. The second-order valence-corrected chi connectivity index (χ2v) is 4.48. The fraction of sp³-hybridized carbons (Fsp3) is 0.333. The van der Waals surface area contributed by atoms with Gasteiger partial charge < -0.3 is 14.8 Å². The van der Waals surface area contributed by atoms with Crippen molar-refractivity contribution in [3.63, 3.8) is 0 Å². The summed E-state index contributed by atoms with van der Waals surface area (Å²) < 4.78 is 10.5. The smallest absolute Gasteiger partial charge is 0.161 e. The number of rotatable bonds is 5. The molecule has 106 valence electrons. The third-order valence-electron chi connectivity index (χ3n) is 2.89. The van der Waals surface area contributed by atoms with Crippen molar-refractivity contribution in [1.82, 2.24) is 9.97 Å². The summed E-state index contributed by atoms with van der Waals surface area (Å²) in [5.41, 5.74) is 2.05. The molecule has 0 fully saturated rings. The first-order valence-electron chi connectivity index (χ1n) is 6.39. The number of hydrogen-bond donors (Lipinski definition) is 1. The Labute approximate surface area is 119 Å². The van der Waals surface area contributed by atoms with E-state index in [1.807, 2.05) is 38.1 Å². The van der Waals surface area contributed by atoms with Crippen LogP contribution in [0.15, 0.2) is 24.3 Å². The van der Waals surface area contributed by atoms with Crippen molar-refractivity contribution in [2.45, 2.75) is 20.4 Å². The number of aromatic nitrogens is 2. The summed E-state index contributed by atoms with van der Waals surface area (Å²) >= 11 is 0. The molecule has 1 N–H and O–H groups in total. The van der Waals surface area contributed by atoms with E-state index in [2.05, 4.69) is 15.3 Å². The van der Waals surface area contributed by atoms with E-state index in [-0.39, 0.29) is 0 Å². The van der Waals surface area contributed by atoms with Crippen molar-refractivity contribution < 1.29 is 9.47 Å². The Balaban J connectivity index is 2.10. The van der Waals surface area contributed by atoms with Crippen molar-refractivity contribution in [2.24, 2.45) is 0 Å². The molecule has 0 aliphatic heterocycles. The standard InChI is InChI=1S/C15H19N3O2/c1-10-7-15(18-11(2)17-10)16-9-12-5-6-13(19-3)14(8-12)20-4/h5-8H,9H2,1-4H3,(H,16,17,18). The first kappa shape index (κ1) is 14.1. The summed E-state index contributed by atoms with van der Waals surface area (Å²) in [6, 6.07) is 7.77. The molecular weight excluding hydrogens is 254 g/mol. The minimum absolute atomic E-state index is 0.663. The van der Waals surface area contributed by atoms with Gasteiger partial charge in [0.15, 0.2) is 11.5 Å². The summed E-state index contributed by atoms with van der Waals surface area (Å²) in [7, 11) is 3.26. The first-order chi connectivity index (χ1) is 9.62. The Kier molecular flexibility index (Phi) is 4.40. The lowest BCUT2D eigenvalue weighted by Gasteiger charge is -2.11. The molecule has 2 rings (SSSR count). The largest absolute Gasteiger partial charge is 0.493 e. The van der Waals surface area contributed by atoms with Gasteiger partial charge in [-0.1, -0.05) is 6.07 Å². The number of aryl methyl sites for hydroxylation is 2. The second-order valence-electron chi connectivity index (χ2n) is 4.48. The highest BCUT2D eigenvalue weighted by atomic mass is 16.5. The van der Waals surface area contributed by atoms with Gasteiger partial charge in [0.1, 0.15) is 11.6 Å². The van der Waals surface area contributed by atoms with Crippen LogP contribution in [0.3, 0.4) is 0 Å². The number of benzene rings is 1. The van der Waals surface area contributed by atoms with Crippen LogP contribution in [-0.2, 0) is 6.54 Å². The topological polar surface area (TPSA) is 56.3 Å². The SMILES string of the molecule is COc1ccc(CNc2cc(C)nc(C)n2)cc1OC. The third kappa shape index (κ3) is 3.38. The molecule has 0 aliphatic rings. The Bertz CT molecular complexity index is 579. The highest BCUT2D eigenvalue weighted by Gasteiger charge is 2.05. The molecule has 20 heavy (non-hydrogen) atoms. The zero-order valence-corrected chi connectivity index (χ0v) is 12.2. The lowest BCUT2D eigenvalue weighted by atomic mass is 10.2. The van der Waals surface area contributed by atoms with Crippen LogP contribution in [0.1, 0.15) is 17.1 Å². The fourth-order valence-corrected chi connectivity index (χ4v) is 1.99. The van der Waals surface area contributed by atoms with Crippen LogP contribution in [0, 0.1) is 13.8 Å². The minimum Gasteiger partial charge on any atom is -0.493 e. The molecule has 0 atom stereocenters. The van der Waals surface area contributed by atoms with E-state index in [1.54, 1.807) is 14.2 Å². The Morgan fingerprint density at radius 1 is 1.00 bits per heavy atom. The molecule has 5 heteroatoms. The van der Waals surface area contributed by atoms with E-state index in [4.69, 9.17) is 9.47 Å². The molecule has 0 aliphatic carbocycles. The van der Waals surface area contributed by atoms with E-state index in [0.717, 1.165) is 34.4 Å². The summed E-state index contributed by atoms with van der Waals surface area (Å²) in [4.78, 5) is 8.60. The molecule has 0 bridgehead atoms. The third-order valence-corrected chi connectivity index (χ3v) is 2.89. The number of nitrogens with one attached hydrogen (secondary N) is 1. The zero-order valence-electron chi connectivity index (χ0n) is 12.2. The van der Waals surface area contributed by atoms with Gasteiger partial charge in [0, 0.05) is 18.3 Å². The van der Waals surface area contributed by atoms with Crippen LogP contribution >= 0.6 is 0 Å². The Hall–Kier alpha value is -2.30. The lowest BCUT2D eigenvalue weighted by Crippen LogP contribution is -2.04. The van der Waals surface area contributed by atoms with Gasteiger partial charge in [-0.05, 0) is 31.5 Å². The zero-order chi connectivity index (χ0) is 14.5. The molecule has 5 nitrogen and oxygen atoms in total. The highest BCUT2D eigenvalue weighted by molar-refractivity contribution is 5.44. The molecule has 0 radical (unpaired) electrons. The van der Waals surface area contributed by atoms with Crippen LogP contribution in [0.2, 0.25) is 0 Å². The van der Waals surface area contributed by atoms with Crippen molar-refractivity contribution in [2.75, 3.05) is 19.5 Å². The lowest BCUT2D eigenvalue weighted by molar-refractivity contribution is 0.354. The molecule has 0 amide bonds. The van der Waals surface area contributed by atoms with Crippen molar-refractivity contribution in [3.8, 4) is 11.5 Å². The van der Waals surface area contributed by atoms with E-state index in [0.29, 0.717) is 6.54 Å². The van der Waals surface area contributed by atoms with Gasteiger partial charge in [0.25, 0.3) is 0 Å². The van der Waals surface area contributed by atoms with Crippen LogP contribution in [0.5, 0.6) is 11.5 Å². The van der Waals surface area contributed by atoms with Gasteiger partial charge in [-0.2, -0.15) is 0 Å². The van der Waals surface area contributed by atoms with Crippen LogP contribution in [0.4, 0.5) is 5.82 Å². The molecular formula is C15H19N3O2. The number of methoxy groups -OCH3 is 2. The van der Waals surface area contributed by atoms with E-state index in [9.17, 15) is 0 Å². The van der Waals surface area contributed by atoms with Crippen molar-refractivity contribution >= 4 is 5.82 Å². The fourth-order valence-electron chi connectivity index (χ4n) is 1.99. The monoisotopic (exact) mass is 273 g/mol. The average molecular weight is 273 g/mol. The molecule has 0 spiro atoms. The molecule has 1 aromatic carbocycles. The second kappa shape index (κ2) is 6.23. The predicted octanol–water partition coefficient (Wildman–Crippen LogP) is 2.72. The van der Waals surface area contributed by atoms with Gasteiger partial charge >= 0.3 is 0 Å². The van der Waals surface area contributed by atoms with E-state index in [1.165, 1.54) is 0 Å².